The molecule has 1 unspecified atom stereocenters. The Labute approximate surface area is 152 Å². The van der Waals surface area contributed by atoms with Crippen LogP contribution in [0, 0.1) is 6.92 Å². The molecule has 0 aromatic heterocycles. The monoisotopic (exact) mass is 360 g/mol. The molecule has 0 spiro atoms. The first-order valence-corrected chi connectivity index (χ1v) is 8.19. The molecule has 0 aliphatic rings. The summed E-state index contributed by atoms with van der Waals surface area (Å²) in [4.78, 5) is 12.4. The maximum atomic E-state index is 12.4. The molecule has 0 fully saturated rings. The fourth-order valence-corrected chi connectivity index (χ4v) is 2.43. The van der Waals surface area contributed by atoms with E-state index in [0.717, 1.165) is 5.56 Å². The number of esters is 1. The number of nitrogens with two attached hydrogens (primary N) is 1. The summed E-state index contributed by atoms with van der Waals surface area (Å²) in [5.74, 6) is 5.22. The lowest BCUT2D eigenvalue weighted by Crippen LogP contribution is -2.55. The van der Waals surface area contributed by atoms with Crippen LogP contribution in [0.3, 0.4) is 0 Å². The third kappa shape index (κ3) is 5.11. The van der Waals surface area contributed by atoms with E-state index in [1.807, 2.05) is 31.2 Å². The summed E-state index contributed by atoms with van der Waals surface area (Å²) in [6.45, 7) is 3.85. The first-order valence-electron chi connectivity index (χ1n) is 8.19. The SMILES string of the molecule is Cc1cccc(OCCOC(=O)C(C)(Cc2ccc(O)c(O)c2)NN)c1. The number of phenols is 2. The zero-order valence-electron chi connectivity index (χ0n) is 14.9. The van der Waals surface area contributed by atoms with Crippen molar-refractivity contribution in [1.29, 1.82) is 0 Å². The molecule has 0 radical (unpaired) electrons. The molecule has 0 saturated heterocycles. The van der Waals surface area contributed by atoms with Crippen molar-refractivity contribution in [3.05, 3.63) is 53.6 Å². The van der Waals surface area contributed by atoms with Crippen molar-refractivity contribution in [1.82, 2.24) is 5.43 Å². The van der Waals surface area contributed by atoms with Crippen LogP contribution in [0.2, 0.25) is 0 Å². The molecule has 7 heteroatoms. The smallest absolute Gasteiger partial charge is 0.327 e. The molecular formula is C19H24N2O5. The van der Waals surface area contributed by atoms with E-state index in [2.05, 4.69) is 5.43 Å². The van der Waals surface area contributed by atoms with Crippen molar-refractivity contribution in [3.8, 4) is 17.2 Å². The van der Waals surface area contributed by atoms with Gasteiger partial charge in [0.05, 0.1) is 0 Å². The standard InChI is InChI=1S/C19H24N2O5/c1-13-4-3-5-15(10-13)25-8-9-26-18(24)19(2,21-20)12-14-6-7-16(22)17(23)11-14/h3-7,10-11,21-23H,8-9,12,20H2,1-2H3. The first kappa shape index (κ1) is 19.6. The number of hydrazine groups is 1. The fourth-order valence-electron chi connectivity index (χ4n) is 2.43. The minimum absolute atomic E-state index is 0.0743. The van der Waals surface area contributed by atoms with E-state index in [1.165, 1.54) is 12.1 Å². The van der Waals surface area contributed by atoms with E-state index in [1.54, 1.807) is 13.0 Å². The number of hydrogen-bond donors (Lipinski definition) is 4. The van der Waals surface area contributed by atoms with Crippen molar-refractivity contribution in [2.45, 2.75) is 25.8 Å². The number of benzene rings is 2. The second kappa shape index (κ2) is 8.55. The van der Waals surface area contributed by atoms with Gasteiger partial charge in [0.1, 0.15) is 24.5 Å². The summed E-state index contributed by atoms with van der Waals surface area (Å²) in [5.41, 5.74) is 2.98. The van der Waals surface area contributed by atoms with Gasteiger partial charge in [-0.1, -0.05) is 18.2 Å². The van der Waals surface area contributed by atoms with Crippen LogP contribution in [-0.2, 0) is 16.0 Å². The average molecular weight is 360 g/mol. The van der Waals surface area contributed by atoms with Crippen LogP contribution in [0.15, 0.2) is 42.5 Å². The summed E-state index contributed by atoms with van der Waals surface area (Å²) in [6, 6.07) is 11.9. The summed E-state index contributed by atoms with van der Waals surface area (Å²) in [7, 11) is 0. The zero-order valence-corrected chi connectivity index (χ0v) is 14.9. The van der Waals surface area contributed by atoms with Crippen LogP contribution in [0.25, 0.3) is 0 Å². The molecule has 2 rings (SSSR count). The second-order valence-corrected chi connectivity index (χ2v) is 6.28. The van der Waals surface area contributed by atoms with Gasteiger partial charge >= 0.3 is 5.97 Å². The van der Waals surface area contributed by atoms with Crippen LogP contribution in [0.5, 0.6) is 17.2 Å². The third-order valence-corrected chi connectivity index (χ3v) is 3.94. The molecule has 140 valence electrons. The molecule has 0 heterocycles. The second-order valence-electron chi connectivity index (χ2n) is 6.28. The molecule has 7 nitrogen and oxygen atoms in total. The van der Waals surface area contributed by atoms with Gasteiger partial charge < -0.3 is 19.7 Å². The van der Waals surface area contributed by atoms with Gasteiger partial charge in [0.25, 0.3) is 0 Å². The van der Waals surface area contributed by atoms with Gasteiger partial charge in [-0.15, -0.1) is 0 Å². The Morgan fingerprint density at radius 2 is 1.92 bits per heavy atom. The maximum absolute atomic E-state index is 12.4. The van der Waals surface area contributed by atoms with E-state index >= 15 is 0 Å². The Hall–Kier alpha value is -2.77. The Morgan fingerprint density at radius 3 is 2.58 bits per heavy atom. The highest BCUT2D eigenvalue weighted by Crippen LogP contribution is 2.27. The lowest BCUT2D eigenvalue weighted by molar-refractivity contribution is -0.151. The number of aromatic hydroxyl groups is 2. The van der Waals surface area contributed by atoms with Crippen LogP contribution in [0.1, 0.15) is 18.1 Å². The topological polar surface area (TPSA) is 114 Å². The molecule has 2 aromatic rings. The van der Waals surface area contributed by atoms with Crippen molar-refractivity contribution in [3.63, 3.8) is 0 Å². The van der Waals surface area contributed by atoms with Crippen molar-refractivity contribution >= 4 is 5.97 Å². The van der Waals surface area contributed by atoms with E-state index in [-0.39, 0.29) is 31.1 Å². The lowest BCUT2D eigenvalue weighted by atomic mass is 9.93. The van der Waals surface area contributed by atoms with Gasteiger partial charge in [0, 0.05) is 6.42 Å². The van der Waals surface area contributed by atoms with Crippen LogP contribution in [0.4, 0.5) is 0 Å². The van der Waals surface area contributed by atoms with Crippen molar-refractivity contribution in [2.75, 3.05) is 13.2 Å². The van der Waals surface area contributed by atoms with Crippen LogP contribution >= 0.6 is 0 Å². The molecule has 26 heavy (non-hydrogen) atoms. The van der Waals surface area contributed by atoms with E-state index in [0.29, 0.717) is 11.3 Å². The number of phenolic OH excluding ortho intramolecular Hbond substituents is 2. The quantitative estimate of drug-likeness (QED) is 0.187. The van der Waals surface area contributed by atoms with Crippen LogP contribution in [-0.4, -0.2) is 34.9 Å². The number of hydrogen-bond acceptors (Lipinski definition) is 7. The minimum Gasteiger partial charge on any atom is -0.504 e. The molecule has 0 bridgehead atoms. The highest BCUT2D eigenvalue weighted by atomic mass is 16.6. The fraction of sp³-hybridized carbons (Fsp3) is 0.316. The number of carbonyl (C=O) groups excluding carboxylic acids is 1. The van der Waals surface area contributed by atoms with Gasteiger partial charge in [-0.3, -0.25) is 5.84 Å². The van der Waals surface area contributed by atoms with E-state index in [9.17, 15) is 15.0 Å². The number of ether oxygens (including phenoxy) is 2. The average Bonchev–Trinajstić information content (AvgIpc) is 2.61. The Bertz CT molecular complexity index is 765. The molecule has 5 N–H and O–H groups in total. The lowest BCUT2D eigenvalue weighted by Gasteiger charge is -2.26. The van der Waals surface area contributed by atoms with Gasteiger partial charge in [-0.2, -0.15) is 0 Å². The zero-order chi connectivity index (χ0) is 19.2. The number of carbonyl (C=O) groups is 1. The molecule has 1 atom stereocenters. The minimum atomic E-state index is -1.19. The number of aryl methyl sites for hydroxylation is 1. The molecule has 0 aliphatic carbocycles. The van der Waals surface area contributed by atoms with Gasteiger partial charge in [0.2, 0.25) is 0 Å². The summed E-state index contributed by atoms with van der Waals surface area (Å²) in [6.07, 6.45) is 0.176. The largest absolute Gasteiger partial charge is 0.504 e. The summed E-state index contributed by atoms with van der Waals surface area (Å²) < 4.78 is 10.8. The van der Waals surface area contributed by atoms with Gasteiger partial charge in [0.15, 0.2) is 11.5 Å². The summed E-state index contributed by atoms with van der Waals surface area (Å²) >= 11 is 0. The van der Waals surface area contributed by atoms with Gasteiger partial charge in [-0.05, 0) is 49.2 Å². The highest BCUT2D eigenvalue weighted by molar-refractivity contribution is 5.80. The Kier molecular flexibility index (Phi) is 6.43. The van der Waals surface area contributed by atoms with Crippen molar-refractivity contribution in [2.24, 2.45) is 5.84 Å². The van der Waals surface area contributed by atoms with Gasteiger partial charge in [-0.25, -0.2) is 10.2 Å². The molecular weight excluding hydrogens is 336 g/mol. The normalized spacial score (nSPS) is 13.0. The third-order valence-electron chi connectivity index (χ3n) is 3.94. The van der Waals surface area contributed by atoms with Crippen molar-refractivity contribution < 1.29 is 24.5 Å². The molecule has 0 amide bonds. The molecule has 2 aromatic carbocycles. The highest BCUT2D eigenvalue weighted by Gasteiger charge is 2.34. The summed E-state index contributed by atoms with van der Waals surface area (Å²) in [5, 5.41) is 18.9. The molecule has 0 saturated carbocycles. The predicted octanol–water partition coefficient (Wildman–Crippen LogP) is 1.79. The van der Waals surface area contributed by atoms with Crippen LogP contribution < -0.4 is 16.0 Å². The maximum Gasteiger partial charge on any atom is 0.327 e. The Morgan fingerprint density at radius 1 is 1.15 bits per heavy atom. The predicted molar refractivity (Wildman–Crippen MR) is 96.8 cm³/mol. The van der Waals surface area contributed by atoms with E-state index in [4.69, 9.17) is 15.3 Å². The van der Waals surface area contributed by atoms with E-state index < -0.39 is 11.5 Å². The number of nitrogens with one attached hydrogen (secondary N) is 1. The molecule has 0 aliphatic heterocycles. The Balaban J connectivity index is 1.89. The first-order chi connectivity index (χ1) is 12.3. The number of rotatable bonds is 8.